The van der Waals surface area contributed by atoms with Crippen molar-refractivity contribution < 1.29 is 10.2 Å². The first-order valence-electron chi connectivity index (χ1n) is 4.84. The Morgan fingerprint density at radius 1 is 0.882 bits per heavy atom. The van der Waals surface area contributed by atoms with Gasteiger partial charge in [0.2, 0.25) is 0 Å². The van der Waals surface area contributed by atoms with Crippen LogP contribution < -0.4 is 0 Å². The Kier molecular flexibility index (Phi) is 3.58. The summed E-state index contributed by atoms with van der Waals surface area (Å²) in [5, 5.41) is 26.5. The van der Waals surface area contributed by atoms with E-state index in [0.29, 0.717) is 11.4 Å². The summed E-state index contributed by atoms with van der Waals surface area (Å²) in [6.07, 6.45) is 0. The van der Waals surface area contributed by atoms with E-state index in [1.165, 1.54) is 18.2 Å². The van der Waals surface area contributed by atoms with Gasteiger partial charge in [0, 0.05) is 9.64 Å². The molecule has 0 aliphatic rings. The van der Waals surface area contributed by atoms with Gasteiger partial charge in [-0.15, -0.1) is 5.11 Å². The molecular formula is C12H9IN2O2. The molecule has 2 aromatic carbocycles. The second kappa shape index (κ2) is 5.13. The van der Waals surface area contributed by atoms with Crippen molar-refractivity contribution in [3.63, 3.8) is 0 Å². The summed E-state index contributed by atoms with van der Waals surface area (Å²) in [5.41, 5.74) is 1.03. The smallest absolute Gasteiger partial charge is 0.146 e. The molecule has 2 rings (SSSR count). The first-order valence-corrected chi connectivity index (χ1v) is 5.92. The van der Waals surface area contributed by atoms with Crippen LogP contribution in [0.3, 0.4) is 0 Å². The zero-order valence-corrected chi connectivity index (χ0v) is 10.9. The van der Waals surface area contributed by atoms with Crippen molar-refractivity contribution in [3.8, 4) is 11.5 Å². The zero-order valence-electron chi connectivity index (χ0n) is 8.71. The van der Waals surface area contributed by atoms with Gasteiger partial charge in [0.1, 0.15) is 17.2 Å². The molecule has 0 saturated heterocycles. The van der Waals surface area contributed by atoms with E-state index in [1.807, 2.05) is 24.3 Å². The summed E-state index contributed by atoms with van der Waals surface area (Å²) >= 11 is 2.21. The van der Waals surface area contributed by atoms with Crippen molar-refractivity contribution in [2.75, 3.05) is 0 Å². The topological polar surface area (TPSA) is 65.2 Å². The molecule has 0 heterocycles. The summed E-state index contributed by atoms with van der Waals surface area (Å²) in [5.74, 6) is -0.102. The van der Waals surface area contributed by atoms with Crippen molar-refractivity contribution in [3.05, 3.63) is 46.0 Å². The highest BCUT2D eigenvalue weighted by molar-refractivity contribution is 14.1. The van der Waals surface area contributed by atoms with Gasteiger partial charge in [0.05, 0.1) is 5.69 Å². The van der Waals surface area contributed by atoms with E-state index in [9.17, 15) is 5.11 Å². The van der Waals surface area contributed by atoms with E-state index in [1.54, 1.807) is 0 Å². The fourth-order valence-corrected chi connectivity index (χ4v) is 1.58. The highest BCUT2D eigenvalue weighted by Gasteiger charge is 2.00. The molecule has 0 atom stereocenters. The number of phenolic OH excluding ortho intramolecular Hbond substituents is 2. The highest BCUT2D eigenvalue weighted by Crippen LogP contribution is 2.31. The summed E-state index contributed by atoms with van der Waals surface area (Å²) in [6, 6.07) is 11.7. The number of rotatable bonds is 2. The summed E-state index contributed by atoms with van der Waals surface area (Å²) in [6.45, 7) is 0. The monoisotopic (exact) mass is 340 g/mol. The molecule has 0 radical (unpaired) electrons. The lowest BCUT2D eigenvalue weighted by atomic mass is 10.3. The van der Waals surface area contributed by atoms with Crippen LogP contribution >= 0.6 is 22.6 Å². The number of benzene rings is 2. The molecule has 0 aromatic heterocycles. The summed E-state index contributed by atoms with van der Waals surface area (Å²) < 4.78 is 1.12. The quantitative estimate of drug-likeness (QED) is 0.638. The van der Waals surface area contributed by atoms with Crippen LogP contribution in [0.25, 0.3) is 0 Å². The number of azo groups is 1. The molecule has 0 amide bonds. The van der Waals surface area contributed by atoms with Crippen LogP contribution in [0.4, 0.5) is 11.4 Å². The van der Waals surface area contributed by atoms with Crippen molar-refractivity contribution in [1.29, 1.82) is 0 Å². The Balaban J connectivity index is 2.23. The maximum Gasteiger partial charge on any atom is 0.146 e. The molecular weight excluding hydrogens is 331 g/mol. The molecule has 86 valence electrons. The Hall–Kier alpha value is -1.63. The standard InChI is InChI=1S/C12H9IN2O2/c13-8-1-3-9(4-2-8)14-15-11-6-5-10(16)7-12(11)17/h1-7,16-17H. The number of hydrogen-bond acceptors (Lipinski definition) is 4. The van der Waals surface area contributed by atoms with E-state index in [0.717, 1.165) is 3.57 Å². The number of halogens is 1. The Bertz CT molecular complexity index is 553. The maximum absolute atomic E-state index is 9.50. The molecule has 0 bridgehead atoms. The fourth-order valence-electron chi connectivity index (χ4n) is 1.22. The van der Waals surface area contributed by atoms with Gasteiger partial charge in [-0.2, -0.15) is 5.11 Å². The Morgan fingerprint density at radius 3 is 2.24 bits per heavy atom. The third kappa shape index (κ3) is 3.16. The predicted molar refractivity (Wildman–Crippen MR) is 73.1 cm³/mol. The van der Waals surface area contributed by atoms with Crippen LogP contribution in [0.1, 0.15) is 0 Å². The van der Waals surface area contributed by atoms with Gasteiger partial charge < -0.3 is 10.2 Å². The molecule has 0 saturated carbocycles. The lowest BCUT2D eigenvalue weighted by Gasteiger charge is -1.98. The third-order valence-corrected chi connectivity index (χ3v) is 2.78. The van der Waals surface area contributed by atoms with Gasteiger partial charge in [0.15, 0.2) is 0 Å². The minimum Gasteiger partial charge on any atom is -0.508 e. The molecule has 17 heavy (non-hydrogen) atoms. The SMILES string of the molecule is Oc1ccc(N=Nc2ccc(I)cc2)c(O)c1. The molecule has 0 aliphatic heterocycles. The van der Waals surface area contributed by atoms with Gasteiger partial charge in [0.25, 0.3) is 0 Å². The van der Waals surface area contributed by atoms with Gasteiger partial charge in [-0.25, -0.2) is 0 Å². The molecule has 0 spiro atoms. The van der Waals surface area contributed by atoms with E-state index in [-0.39, 0.29) is 11.5 Å². The second-order valence-corrected chi connectivity index (χ2v) is 4.60. The van der Waals surface area contributed by atoms with E-state index in [2.05, 4.69) is 32.8 Å². The van der Waals surface area contributed by atoms with E-state index in [4.69, 9.17) is 5.11 Å². The van der Waals surface area contributed by atoms with Crippen molar-refractivity contribution >= 4 is 34.0 Å². The maximum atomic E-state index is 9.50. The Morgan fingerprint density at radius 2 is 1.59 bits per heavy atom. The zero-order chi connectivity index (χ0) is 12.3. The average Bonchev–Trinajstić information content (AvgIpc) is 2.30. The second-order valence-electron chi connectivity index (χ2n) is 3.35. The van der Waals surface area contributed by atoms with Crippen LogP contribution in [-0.4, -0.2) is 10.2 Å². The summed E-state index contributed by atoms with van der Waals surface area (Å²) in [4.78, 5) is 0. The van der Waals surface area contributed by atoms with Crippen LogP contribution in [0, 0.1) is 3.57 Å². The first kappa shape index (κ1) is 11.8. The molecule has 4 nitrogen and oxygen atoms in total. The van der Waals surface area contributed by atoms with Crippen LogP contribution in [-0.2, 0) is 0 Å². The lowest BCUT2D eigenvalue weighted by Crippen LogP contribution is -1.69. The highest BCUT2D eigenvalue weighted by atomic mass is 127. The molecule has 0 unspecified atom stereocenters. The number of phenols is 2. The van der Waals surface area contributed by atoms with Crippen LogP contribution in [0.15, 0.2) is 52.7 Å². The third-order valence-electron chi connectivity index (χ3n) is 2.06. The molecule has 0 fully saturated rings. The van der Waals surface area contributed by atoms with E-state index >= 15 is 0 Å². The minimum atomic E-state index is -0.0979. The fraction of sp³-hybridized carbons (Fsp3) is 0. The number of hydrogen-bond donors (Lipinski definition) is 2. The number of aromatic hydroxyl groups is 2. The molecule has 5 heteroatoms. The van der Waals surface area contributed by atoms with Crippen molar-refractivity contribution in [2.45, 2.75) is 0 Å². The largest absolute Gasteiger partial charge is 0.508 e. The minimum absolute atomic E-state index is 0.00397. The van der Waals surface area contributed by atoms with Gasteiger partial charge in [-0.1, -0.05) is 0 Å². The van der Waals surface area contributed by atoms with Gasteiger partial charge in [-0.05, 0) is 59.0 Å². The molecule has 0 aliphatic carbocycles. The first-order chi connectivity index (χ1) is 8.15. The van der Waals surface area contributed by atoms with Crippen molar-refractivity contribution in [2.24, 2.45) is 10.2 Å². The van der Waals surface area contributed by atoms with Gasteiger partial charge >= 0.3 is 0 Å². The Labute approximate surface area is 112 Å². The van der Waals surface area contributed by atoms with Crippen LogP contribution in [0.2, 0.25) is 0 Å². The predicted octanol–water partition coefficient (Wildman–Crippen LogP) is 4.12. The molecule has 2 aromatic rings. The van der Waals surface area contributed by atoms with Crippen molar-refractivity contribution in [1.82, 2.24) is 0 Å². The van der Waals surface area contributed by atoms with Gasteiger partial charge in [-0.3, -0.25) is 0 Å². The lowest BCUT2D eigenvalue weighted by molar-refractivity contribution is 0.451. The number of nitrogens with zero attached hydrogens (tertiary/aromatic N) is 2. The van der Waals surface area contributed by atoms with E-state index < -0.39 is 0 Å². The molecule has 2 N–H and O–H groups in total. The normalized spacial score (nSPS) is 10.9. The average molecular weight is 340 g/mol. The van der Waals surface area contributed by atoms with Crippen LogP contribution in [0.5, 0.6) is 11.5 Å². The summed E-state index contributed by atoms with van der Waals surface area (Å²) in [7, 11) is 0.